The van der Waals surface area contributed by atoms with Gasteiger partial charge in [0.25, 0.3) is 0 Å². The number of thiophene rings is 1. The molecule has 0 unspecified atom stereocenters. The van der Waals surface area contributed by atoms with E-state index in [1.165, 1.54) is 23.1 Å². The average Bonchev–Trinajstić information content (AvgIpc) is 3.21. The molecule has 0 aliphatic carbocycles. The minimum atomic E-state index is -0.443. The third-order valence-corrected chi connectivity index (χ3v) is 5.86. The molecule has 0 fully saturated rings. The Morgan fingerprint density at radius 2 is 2.04 bits per heavy atom. The number of esters is 1. The highest BCUT2D eigenvalue weighted by atomic mass is 32.2. The Hall–Kier alpha value is -2.62. The van der Waals surface area contributed by atoms with E-state index in [0.29, 0.717) is 33.2 Å². The number of rotatable bonds is 6. The molecule has 2 aromatic heterocycles. The molecule has 0 saturated carbocycles. The van der Waals surface area contributed by atoms with Crippen LogP contribution in [0.1, 0.15) is 34.1 Å². The highest BCUT2D eigenvalue weighted by Gasteiger charge is 2.25. The number of carbonyl (C=O) groups excluding carboxylic acids is 1. The zero-order chi connectivity index (χ0) is 19.2. The summed E-state index contributed by atoms with van der Waals surface area (Å²) in [5.74, 6) is 0.256. The van der Waals surface area contributed by atoms with Crippen molar-refractivity contribution >= 4 is 29.1 Å². The number of pyridine rings is 1. The van der Waals surface area contributed by atoms with Crippen molar-refractivity contribution in [3.63, 3.8) is 0 Å². The van der Waals surface area contributed by atoms with Crippen molar-refractivity contribution in [1.82, 2.24) is 4.98 Å². The summed E-state index contributed by atoms with van der Waals surface area (Å²) in [6.45, 7) is 3.83. The summed E-state index contributed by atoms with van der Waals surface area (Å²) in [6.07, 6.45) is 0. The Kier molecular flexibility index (Phi) is 6.28. The lowest BCUT2D eigenvalue weighted by Gasteiger charge is -2.15. The average molecular weight is 395 g/mol. The monoisotopic (exact) mass is 394 g/mol. The lowest BCUT2D eigenvalue weighted by molar-refractivity contribution is 0.0525. The fraction of sp³-hybridized carbons (Fsp3) is 0.190. The standard InChI is InChI=1S/C21H18N2O2S2/c1-3-25-21(24)18-14(2)23-20(27-13-15-8-5-4-6-9-15)16(12-22)19(18)17-10-7-11-26-17/h4-11H,3,13H2,1-2H3. The number of hydrogen-bond donors (Lipinski definition) is 0. The van der Waals surface area contributed by atoms with Crippen molar-refractivity contribution in [3.8, 4) is 16.5 Å². The maximum absolute atomic E-state index is 12.6. The van der Waals surface area contributed by atoms with Crippen LogP contribution in [0.4, 0.5) is 0 Å². The molecule has 3 aromatic rings. The molecular formula is C21H18N2O2S2. The Balaban J connectivity index is 2.10. The van der Waals surface area contributed by atoms with Crippen molar-refractivity contribution in [2.75, 3.05) is 6.61 Å². The number of thioether (sulfide) groups is 1. The second-order valence-electron chi connectivity index (χ2n) is 5.71. The van der Waals surface area contributed by atoms with Crippen LogP contribution in [-0.2, 0) is 10.5 Å². The van der Waals surface area contributed by atoms with E-state index in [1.807, 2.05) is 47.8 Å². The predicted octanol–water partition coefficient (Wildman–Crippen LogP) is 5.46. The summed E-state index contributed by atoms with van der Waals surface area (Å²) in [5.41, 5.74) is 3.14. The van der Waals surface area contributed by atoms with Crippen LogP contribution >= 0.6 is 23.1 Å². The zero-order valence-electron chi connectivity index (χ0n) is 15.1. The lowest BCUT2D eigenvalue weighted by atomic mass is 10.0. The van der Waals surface area contributed by atoms with E-state index in [-0.39, 0.29) is 6.61 Å². The SMILES string of the molecule is CCOC(=O)c1c(C)nc(SCc2ccccc2)c(C#N)c1-c1cccs1. The summed E-state index contributed by atoms with van der Waals surface area (Å²) < 4.78 is 5.23. The smallest absolute Gasteiger partial charge is 0.340 e. The van der Waals surface area contributed by atoms with E-state index in [1.54, 1.807) is 13.8 Å². The number of aromatic nitrogens is 1. The fourth-order valence-corrected chi connectivity index (χ4v) is 4.50. The van der Waals surface area contributed by atoms with Crippen LogP contribution in [0.2, 0.25) is 0 Å². The molecule has 2 heterocycles. The van der Waals surface area contributed by atoms with Crippen LogP contribution in [0.15, 0.2) is 52.9 Å². The molecule has 0 amide bonds. The molecule has 0 atom stereocenters. The highest BCUT2D eigenvalue weighted by Crippen LogP contribution is 2.38. The number of hydrogen-bond acceptors (Lipinski definition) is 6. The van der Waals surface area contributed by atoms with Crippen molar-refractivity contribution in [2.45, 2.75) is 24.6 Å². The maximum atomic E-state index is 12.6. The number of aryl methyl sites for hydroxylation is 1. The minimum absolute atomic E-state index is 0.272. The molecule has 0 aliphatic rings. The van der Waals surface area contributed by atoms with Gasteiger partial charge in [0.05, 0.1) is 23.4 Å². The molecule has 0 radical (unpaired) electrons. The van der Waals surface area contributed by atoms with Gasteiger partial charge in [-0.1, -0.05) is 36.4 Å². The van der Waals surface area contributed by atoms with E-state index >= 15 is 0 Å². The Morgan fingerprint density at radius 1 is 1.26 bits per heavy atom. The van der Waals surface area contributed by atoms with Crippen LogP contribution in [0.3, 0.4) is 0 Å². The first-order valence-electron chi connectivity index (χ1n) is 8.48. The van der Waals surface area contributed by atoms with Crippen molar-refractivity contribution < 1.29 is 9.53 Å². The molecule has 3 rings (SSSR count). The van der Waals surface area contributed by atoms with E-state index in [0.717, 1.165) is 10.4 Å². The van der Waals surface area contributed by atoms with Gasteiger partial charge in [0.15, 0.2) is 0 Å². The second-order valence-corrected chi connectivity index (χ2v) is 7.62. The third-order valence-electron chi connectivity index (χ3n) is 3.92. The van der Waals surface area contributed by atoms with Crippen LogP contribution in [-0.4, -0.2) is 17.6 Å². The van der Waals surface area contributed by atoms with E-state index in [2.05, 4.69) is 11.1 Å². The molecule has 0 saturated heterocycles. The quantitative estimate of drug-likeness (QED) is 0.410. The molecule has 4 nitrogen and oxygen atoms in total. The number of benzene rings is 1. The van der Waals surface area contributed by atoms with Crippen molar-refractivity contribution in [1.29, 1.82) is 5.26 Å². The third kappa shape index (κ3) is 4.21. The van der Waals surface area contributed by atoms with E-state index < -0.39 is 5.97 Å². The number of ether oxygens (including phenoxy) is 1. The highest BCUT2D eigenvalue weighted by molar-refractivity contribution is 7.98. The van der Waals surface area contributed by atoms with Gasteiger partial charge in [0.1, 0.15) is 11.1 Å². The Labute approximate surface area is 166 Å². The normalized spacial score (nSPS) is 10.4. The summed E-state index contributed by atoms with van der Waals surface area (Å²) in [7, 11) is 0. The van der Waals surface area contributed by atoms with E-state index in [9.17, 15) is 10.1 Å². The first-order chi connectivity index (χ1) is 13.2. The lowest BCUT2D eigenvalue weighted by Crippen LogP contribution is -2.12. The molecule has 0 N–H and O–H groups in total. The van der Waals surface area contributed by atoms with Crippen LogP contribution in [0, 0.1) is 18.3 Å². The molecule has 1 aromatic carbocycles. The molecular weight excluding hydrogens is 376 g/mol. The summed E-state index contributed by atoms with van der Waals surface area (Å²) in [4.78, 5) is 18.0. The first kappa shape index (κ1) is 19.2. The van der Waals surface area contributed by atoms with Gasteiger partial charge in [-0.25, -0.2) is 9.78 Å². The van der Waals surface area contributed by atoms with Gasteiger partial charge in [-0.05, 0) is 30.9 Å². The van der Waals surface area contributed by atoms with Gasteiger partial charge in [0, 0.05) is 16.2 Å². The van der Waals surface area contributed by atoms with Crippen molar-refractivity contribution in [3.05, 3.63) is 70.2 Å². The van der Waals surface area contributed by atoms with Gasteiger partial charge in [0.2, 0.25) is 0 Å². The first-order valence-corrected chi connectivity index (χ1v) is 10.3. The summed E-state index contributed by atoms with van der Waals surface area (Å²) >= 11 is 2.99. The Morgan fingerprint density at radius 3 is 2.67 bits per heavy atom. The molecule has 27 heavy (non-hydrogen) atoms. The minimum Gasteiger partial charge on any atom is -0.462 e. The second kappa shape index (κ2) is 8.85. The molecule has 136 valence electrons. The molecule has 6 heteroatoms. The van der Waals surface area contributed by atoms with Gasteiger partial charge >= 0.3 is 5.97 Å². The number of carbonyl (C=O) groups is 1. The van der Waals surface area contributed by atoms with Crippen LogP contribution in [0.25, 0.3) is 10.4 Å². The summed E-state index contributed by atoms with van der Waals surface area (Å²) in [6, 6.07) is 16.1. The molecule has 0 aliphatic heterocycles. The fourth-order valence-electron chi connectivity index (χ4n) is 2.73. The van der Waals surface area contributed by atoms with Gasteiger partial charge in [-0.2, -0.15) is 5.26 Å². The number of nitrogens with zero attached hydrogens (tertiary/aromatic N) is 2. The topological polar surface area (TPSA) is 63.0 Å². The van der Waals surface area contributed by atoms with Gasteiger partial charge in [-0.15, -0.1) is 23.1 Å². The Bertz CT molecular complexity index is 978. The van der Waals surface area contributed by atoms with Crippen LogP contribution in [0.5, 0.6) is 0 Å². The van der Waals surface area contributed by atoms with E-state index in [4.69, 9.17) is 4.74 Å². The largest absolute Gasteiger partial charge is 0.462 e. The predicted molar refractivity (Wildman–Crippen MR) is 109 cm³/mol. The molecule has 0 spiro atoms. The zero-order valence-corrected chi connectivity index (χ0v) is 16.7. The van der Waals surface area contributed by atoms with Gasteiger partial charge < -0.3 is 4.74 Å². The molecule has 0 bridgehead atoms. The maximum Gasteiger partial charge on any atom is 0.340 e. The van der Waals surface area contributed by atoms with Crippen molar-refractivity contribution in [2.24, 2.45) is 0 Å². The number of nitriles is 1. The van der Waals surface area contributed by atoms with Crippen LogP contribution < -0.4 is 0 Å². The summed E-state index contributed by atoms with van der Waals surface area (Å²) in [5, 5.41) is 12.4. The van der Waals surface area contributed by atoms with Gasteiger partial charge in [-0.3, -0.25) is 0 Å².